The molecule has 3 aromatic rings. The topological polar surface area (TPSA) is 130 Å². The number of nitrogens with two attached hydrogens (primary N) is 2. The fourth-order valence-corrected chi connectivity index (χ4v) is 3.68. The Balaban J connectivity index is 1.80. The van der Waals surface area contributed by atoms with Crippen LogP contribution in [0, 0.1) is 0 Å². The highest BCUT2D eigenvalue weighted by Gasteiger charge is 2.51. The van der Waals surface area contributed by atoms with Gasteiger partial charge in [-0.15, -0.1) is 0 Å². The quantitative estimate of drug-likeness (QED) is 0.453. The summed E-state index contributed by atoms with van der Waals surface area (Å²) in [5, 5.41) is 8.24. The van der Waals surface area contributed by atoms with Crippen LogP contribution in [0.15, 0.2) is 28.8 Å². The number of carbonyl (C=O) groups excluding carboxylic acids is 2. The maximum atomic E-state index is 13.2. The highest BCUT2D eigenvalue weighted by atomic mass is 35.5. The van der Waals surface area contributed by atoms with Crippen LogP contribution in [0.3, 0.4) is 0 Å². The van der Waals surface area contributed by atoms with Gasteiger partial charge in [0.15, 0.2) is 5.76 Å². The van der Waals surface area contributed by atoms with Gasteiger partial charge in [0.1, 0.15) is 28.3 Å². The first-order valence-electron chi connectivity index (χ1n) is 10.6. The van der Waals surface area contributed by atoms with Crippen LogP contribution in [0.2, 0.25) is 5.02 Å². The number of ketones is 1. The van der Waals surface area contributed by atoms with E-state index < -0.39 is 17.5 Å². The minimum atomic E-state index is -4.53. The molecule has 3 rings (SSSR count). The molecule has 2 heterocycles. The van der Waals surface area contributed by atoms with E-state index in [0.717, 1.165) is 19.9 Å². The summed E-state index contributed by atoms with van der Waals surface area (Å²) in [5.74, 6) is -1.30. The van der Waals surface area contributed by atoms with Crippen molar-refractivity contribution < 1.29 is 27.3 Å². The zero-order valence-electron chi connectivity index (χ0n) is 19.5. The third kappa shape index (κ3) is 5.19. The van der Waals surface area contributed by atoms with Crippen molar-refractivity contribution in [3.8, 4) is 11.3 Å². The number of hydrogen-bond acceptors (Lipinski definition) is 6. The van der Waals surface area contributed by atoms with E-state index in [1.165, 1.54) is 4.68 Å². The molecule has 1 amide bonds. The van der Waals surface area contributed by atoms with Crippen molar-refractivity contribution in [2.75, 3.05) is 5.73 Å². The standard InChI is InChI=1S/C23H25ClF3N5O3/c1-11(2)32-20(28)18(21(29)34)19(30-32)13-6-5-12(16(24)8-13)7-15(33)9-14-10-17(35-31-14)22(3,4)23(25,26)27/h5-6,8,10-11H,7,9,28H2,1-4H3,(H2,29,34). The van der Waals surface area contributed by atoms with Crippen molar-refractivity contribution in [1.29, 1.82) is 0 Å². The third-order valence-corrected chi connectivity index (χ3v) is 6.01. The van der Waals surface area contributed by atoms with E-state index >= 15 is 0 Å². The molecule has 0 spiro atoms. The first-order valence-corrected chi connectivity index (χ1v) is 11.0. The van der Waals surface area contributed by atoms with Gasteiger partial charge in [-0.05, 0) is 39.3 Å². The molecule has 0 saturated heterocycles. The molecule has 0 fully saturated rings. The molecule has 0 aliphatic heterocycles. The van der Waals surface area contributed by atoms with Gasteiger partial charge >= 0.3 is 6.18 Å². The molecule has 0 unspecified atom stereocenters. The minimum Gasteiger partial charge on any atom is -0.383 e. The second kappa shape index (κ2) is 9.37. The number of benzene rings is 1. The number of amides is 1. The number of alkyl halides is 3. The lowest BCUT2D eigenvalue weighted by Gasteiger charge is -2.24. The molecule has 0 saturated carbocycles. The van der Waals surface area contributed by atoms with E-state index in [9.17, 15) is 22.8 Å². The zero-order chi connectivity index (χ0) is 26.3. The van der Waals surface area contributed by atoms with Gasteiger partial charge in [-0.1, -0.05) is 28.9 Å². The molecule has 8 nitrogen and oxygen atoms in total. The Labute approximate surface area is 204 Å². The second-order valence-electron chi connectivity index (χ2n) is 9.02. The molecule has 0 aliphatic rings. The summed E-state index contributed by atoms with van der Waals surface area (Å²) in [5.41, 5.74) is 10.7. The SMILES string of the molecule is CC(C)n1nc(-c2ccc(CC(=O)Cc3cc(C(C)(C)C(F)(F)F)on3)c(Cl)c2)c(C(N)=O)c1N. The third-order valence-electron chi connectivity index (χ3n) is 5.66. The van der Waals surface area contributed by atoms with E-state index in [2.05, 4.69) is 10.3 Å². The number of aromatic nitrogens is 3. The molecule has 35 heavy (non-hydrogen) atoms. The van der Waals surface area contributed by atoms with E-state index in [4.69, 9.17) is 27.6 Å². The van der Waals surface area contributed by atoms with Crippen molar-refractivity contribution >= 4 is 29.1 Å². The largest absolute Gasteiger partial charge is 0.401 e. The van der Waals surface area contributed by atoms with Crippen LogP contribution >= 0.6 is 11.6 Å². The Morgan fingerprint density at radius 3 is 2.37 bits per heavy atom. The van der Waals surface area contributed by atoms with E-state index in [0.29, 0.717) is 11.1 Å². The number of rotatable bonds is 8. The van der Waals surface area contributed by atoms with Crippen molar-refractivity contribution in [1.82, 2.24) is 14.9 Å². The minimum absolute atomic E-state index is 0.0715. The Kier molecular flexibility index (Phi) is 7.03. The number of carbonyl (C=O) groups is 2. The fraction of sp³-hybridized carbons (Fsp3) is 0.391. The molecule has 0 radical (unpaired) electrons. The monoisotopic (exact) mass is 511 g/mol. The summed E-state index contributed by atoms with van der Waals surface area (Å²) in [6.07, 6.45) is -4.85. The van der Waals surface area contributed by atoms with Crippen molar-refractivity contribution in [2.45, 2.75) is 58.2 Å². The predicted octanol–water partition coefficient (Wildman–Crippen LogP) is 4.65. The first-order chi connectivity index (χ1) is 16.1. The summed E-state index contributed by atoms with van der Waals surface area (Å²) in [4.78, 5) is 24.5. The zero-order valence-corrected chi connectivity index (χ0v) is 20.3. The van der Waals surface area contributed by atoms with E-state index in [1.807, 2.05) is 13.8 Å². The second-order valence-corrected chi connectivity index (χ2v) is 9.42. The maximum Gasteiger partial charge on any atom is 0.401 e. The molecule has 188 valence electrons. The summed E-state index contributed by atoms with van der Waals surface area (Å²) in [6.45, 7) is 5.65. The van der Waals surface area contributed by atoms with E-state index in [1.54, 1.807) is 18.2 Å². The Morgan fingerprint density at radius 1 is 1.17 bits per heavy atom. The molecular weight excluding hydrogens is 487 g/mol. The number of Topliss-reactive ketones (excluding diaryl/α,β-unsaturated/α-hetero) is 1. The van der Waals surface area contributed by atoms with Crippen LogP contribution in [-0.2, 0) is 23.1 Å². The first kappa shape index (κ1) is 26.3. The Morgan fingerprint density at radius 2 is 1.83 bits per heavy atom. The van der Waals surface area contributed by atoms with Crippen LogP contribution in [0.1, 0.15) is 61.1 Å². The van der Waals surface area contributed by atoms with Crippen LogP contribution in [0.25, 0.3) is 11.3 Å². The van der Waals surface area contributed by atoms with Crippen molar-refractivity contribution in [3.05, 3.63) is 51.9 Å². The smallest absolute Gasteiger partial charge is 0.383 e. The lowest BCUT2D eigenvalue weighted by molar-refractivity contribution is -0.185. The van der Waals surface area contributed by atoms with E-state index in [-0.39, 0.29) is 58.2 Å². The molecule has 1 aromatic carbocycles. The van der Waals surface area contributed by atoms with Gasteiger partial charge in [0.2, 0.25) is 0 Å². The molecule has 4 N–H and O–H groups in total. The molecule has 0 bridgehead atoms. The van der Waals surface area contributed by atoms with Gasteiger partial charge in [0, 0.05) is 29.1 Å². The lowest BCUT2D eigenvalue weighted by atomic mass is 9.89. The highest BCUT2D eigenvalue weighted by molar-refractivity contribution is 6.32. The molecule has 0 aliphatic carbocycles. The number of nitrogen functional groups attached to an aromatic ring is 1. The van der Waals surface area contributed by atoms with Gasteiger partial charge in [0.05, 0.1) is 12.1 Å². The normalized spacial score (nSPS) is 12.4. The fourth-order valence-electron chi connectivity index (χ4n) is 3.43. The average Bonchev–Trinajstić information content (AvgIpc) is 3.33. The van der Waals surface area contributed by atoms with Gasteiger partial charge < -0.3 is 16.0 Å². The summed E-state index contributed by atoms with van der Waals surface area (Å²) in [7, 11) is 0. The summed E-state index contributed by atoms with van der Waals surface area (Å²) < 4.78 is 45.9. The number of primary amides is 1. The van der Waals surface area contributed by atoms with Gasteiger partial charge in [-0.2, -0.15) is 18.3 Å². The van der Waals surface area contributed by atoms with Crippen LogP contribution in [0.5, 0.6) is 0 Å². The molecule has 0 atom stereocenters. The lowest BCUT2D eigenvalue weighted by Crippen LogP contribution is -2.35. The van der Waals surface area contributed by atoms with Crippen LogP contribution < -0.4 is 11.5 Å². The van der Waals surface area contributed by atoms with Gasteiger partial charge in [-0.25, -0.2) is 4.68 Å². The predicted molar refractivity (Wildman–Crippen MR) is 124 cm³/mol. The number of anilines is 1. The van der Waals surface area contributed by atoms with Crippen molar-refractivity contribution in [2.24, 2.45) is 5.73 Å². The number of hydrogen-bond donors (Lipinski definition) is 2. The number of halogens is 4. The Hall–Kier alpha value is -3.34. The Bertz CT molecular complexity index is 1280. The molecule has 2 aromatic heterocycles. The van der Waals surface area contributed by atoms with Crippen LogP contribution in [-0.4, -0.2) is 32.8 Å². The summed E-state index contributed by atoms with van der Waals surface area (Å²) in [6, 6.07) is 5.80. The molecular formula is C23H25ClF3N5O3. The number of nitrogens with zero attached hydrogens (tertiary/aromatic N) is 3. The van der Waals surface area contributed by atoms with Crippen molar-refractivity contribution in [3.63, 3.8) is 0 Å². The summed E-state index contributed by atoms with van der Waals surface area (Å²) >= 11 is 6.39. The maximum absolute atomic E-state index is 13.2. The average molecular weight is 512 g/mol. The van der Waals surface area contributed by atoms with Crippen LogP contribution in [0.4, 0.5) is 19.0 Å². The highest BCUT2D eigenvalue weighted by Crippen LogP contribution is 2.40. The molecule has 12 heteroatoms. The van der Waals surface area contributed by atoms with Gasteiger partial charge in [-0.3, -0.25) is 9.59 Å². The van der Waals surface area contributed by atoms with Gasteiger partial charge in [0.25, 0.3) is 5.91 Å².